The lowest BCUT2D eigenvalue weighted by atomic mass is 9.82. The molecule has 0 aromatic heterocycles. The van der Waals surface area contributed by atoms with Crippen molar-refractivity contribution in [2.45, 2.75) is 59.3 Å². The van der Waals surface area contributed by atoms with Crippen molar-refractivity contribution in [1.82, 2.24) is 0 Å². The van der Waals surface area contributed by atoms with Crippen LogP contribution in [-0.2, 0) is 0 Å². The van der Waals surface area contributed by atoms with E-state index in [1.807, 2.05) is 0 Å². The van der Waals surface area contributed by atoms with Crippen LogP contribution in [0.4, 0.5) is 0 Å². The summed E-state index contributed by atoms with van der Waals surface area (Å²) in [4.78, 5) is 0. The molecule has 1 aliphatic carbocycles. The van der Waals surface area contributed by atoms with Crippen LogP contribution in [0.25, 0.3) is 0 Å². The predicted molar refractivity (Wildman–Crippen MR) is 64.4 cm³/mol. The molecule has 0 bridgehead atoms. The van der Waals surface area contributed by atoms with Crippen molar-refractivity contribution in [3.8, 4) is 0 Å². The Bertz CT molecular complexity index is 220. The van der Waals surface area contributed by atoms with Gasteiger partial charge in [0.05, 0.1) is 0 Å². The normalized spacial score (nSPS) is 23.5. The highest BCUT2D eigenvalue weighted by atomic mass is 14.2. The van der Waals surface area contributed by atoms with Gasteiger partial charge in [-0.25, -0.2) is 0 Å². The lowest BCUT2D eigenvalue weighted by Gasteiger charge is -2.24. The van der Waals surface area contributed by atoms with Crippen LogP contribution >= 0.6 is 0 Å². The van der Waals surface area contributed by atoms with E-state index in [1.54, 1.807) is 11.1 Å². The molecule has 0 radical (unpaired) electrons. The maximum Gasteiger partial charge on any atom is -0.0229 e. The molecule has 14 heavy (non-hydrogen) atoms. The highest BCUT2D eigenvalue weighted by molar-refractivity contribution is 5.18. The molecule has 0 heteroatoms. The molecule has 0 N–H and O–H groups in total. The first-order chi connectivity index (χ1) is 6.75. The third kappa shape index (κ3) is 3.32. The van der Waals surface area contributed by atoms with Crippen LogP contribution in [0.2, 0.25) is 0 Å². The van der Waals surface area contributed by atoms with Gasteiger partial charge < -0.3 is 0 Å². The van der Waals surface area contributed by atoms with E-state index in [1.165, 1.54) is 38.5 Å². The summed E-state index contributed by atoms with van der Waals surface area (Å²) in [7, 11) is 0. The van der Waals surface area contributed by atoms with Gasteiger partial charge in [0.15, 0.2) is 0 Å². The van der Waals surface area contributed by atoms with E-state index in [0.717, 1.165) is 5.92 Å². The summed E-state index contributed by atoms with van der Waals surface area (Å²) in [5.74, 6) is 0.846. The molecule has 0 aliphatic heterocycles. The van der Waals surface area contributed by atoms with Gasteiger partial charge in [-0.15, -0.1) is 0 Å². The highest BCUT2D eigenvalue weighted by Crippen LogP contribution is 2.32. The fraction of sp³-hybridized carbons (Fsp3) is 0.714. The van der Waals surface area contributed by atoms with E-state index in [4.69, 9.17) is 0 Å². The van der Waals surface area contributed by atoms with Gasteiger partial charge in [0.2, 0.25) is 0 Å². The van der Waals surface area contributed by atoms with Gasteiger partial charge in [-0.3, -0.25) is 0 Å². The topological polar surface area (TPSA) is 0 Å². The first-order valence-electron chi connectivity index (χ1n) is 6.09. The zero-order valence-electron chi connectivity index (χ0n) is 9.97. The Morgan fingerprint density at radius 2 is 2.14 bits per heavy atom. The third-order valence-corrected chi connectivity index (χ3v) is 3.31. The fourth-order valence-electron chi connectivity index (χ4n) is 2.41. The van der Waals surface area contributed by atoms with E-state index in [0.29, 0.717) is 0 Å². The summed E-state index contributed by atoms with van der Waals surface area (Å²) < 4.78 is 0. The van der Waals surface area contributed by atoms with Crippen LogP contribution in [0.5, 0.6) is 0 Å². The molecule has 0 heterocycles. The molecule has 0 nitrogen and oxygen atoms in total. The van der Waals surface area contributed by atoms with Gasteiger partial charge in [-0.05, 0) is 51.4 Å². The monoisotopic (exact) mass is 192 g/mol. The van der Waals surface area contributed by atoms with E-state index >= 15 is 0 Å². The van der Waals surface area contributed by atoms with Crippen molar-refractivity contribution < 1.29 is 0 Å². The number of hydrogen-bond donors (Lipinski definition) is 0. The average Bonchev–Trinajstić information content (AvgIpc) is 2.16. The Balaban J connectivity index is 2.44. The molecule has 0 amide bonds. The van der Waals surface area contributed by atoms with Crippen molar-refractivity contribution >= 4 is 0 Å². The van der Waals surface area contributed by atoms with Gasteiger partial charge in [0.25, 0.3) is 0 Å². The van der Waals surface area contributed by atoms with Crippen molar-refractivity contribution in [3.05, 3.63) is 23.3 Å². The third-order valence-electron chi connectivity index (χ3n) is 3.31. The Kier molecular flexibility index (Phi) is 5.00. The van der Waals surface area contributed by atoms with Crippen molar-refractivity contribution in [2.24, 2.45) is 5.92 Å². The zero-order chi connectivity index (χ0) is 10.4. The van der Waals surface area contributed by atoms with Crippen molar-refractivity contribution in [1.29, 1.82) is 0 Å². The van der Waals surface area contributed by atoms with Crippen molar-refractivity contribution in [2.75, 3.05) is 0 Å². The second-order valence-electron chi connectivity index (χ2n) is 4.52. The molecule has 80 valence electrons. The molecule has 0 aromatic rings. The number of rotatable bonds is 4. The second kappa shape index (κ2) is 6.06. The minimum atomic E-state index is 0.846. The van der Waals surface area contributed by atoms with E-state index in [-0.39, 0.29) is 0 Å². The van der Waals surface area contributed by atoms with Crippen LogP contribution in [0.3, 0.4) is 0 Å². The fourth-order valence-corrected chi connectivity index (χ4v) is 2.41. The van der Waals surface area contributed by atoms with E-state index in [9.17, 15) is 0 Å². The second-order valence-corrected chi connectivity index (χ2v) is 4.52. The smallest absolute Gasteiger partial charge is 0.0229 e. The molecular formula is C14H24. The molecule has 0 saturated carbocycles. The summed E-state index contributed by atoms with van der Waals surface area (Å²) in [6, 6.07) is 0. The van der Waals surface area contributed by atoms with Gasteiger partial charge >= 0.3 is 0 Å². The Morgan fingerprint density at radius 1 is 1.36 bits per heavy atom. The van der Waals surface area contributed by atoms with Gasteiger partial charge in [0.1, 0.15) is 0 Å². The minimum absolute atomic E-state index is 0.846. The molecule has 0 fully saturated rings. The van der Waals surface area contributed by atoms with E-state index in [2.05, 4.69) is 32.9 Å². The molecule has 1 atom stereocenters. The summed E-state index contributed by atoms with van der Waals surface area (Å²) in [5, 5.41) is 0. The maximum atomic E-state index is 2.39. The van der Waals surface area contributed by atoms with Crippen LogP contribution in [0.15, 0.2) is 23.3 Å². The summed E-state index contributed by atoms with van der Waals surface area (Å²) in [6.07, 6.45) is 12.5. The Morgan fingerprint density at radius 3 is 2.79 bits per heavy atom. The molecule has 1 unspecified atom stereocenters. The van der Waals surface area contributed by atoms with Crippen LogP contribution in [0.1, 0.15) is 59.3 Å². The van der Waals surface area contributed by atoms with Crippen LogP contribution in [-0.4, -0.2) is 0 Å². The quantitative estimate of drug-likeness (QED) is 0.557. The van der Waals surface area contributed by atoms with Gasteiger partial charge in [-0.2, -0.15) is 0 Å². The molecule has 1 rings (SSSR count). The maximum absolute atomic E-state index is 2.39. The lowest BCUT2D eigenvalue weighted by Crippen LogP contribution is -2.07. The summed E-state index contributed by atoms with van der Waals surface area (Å²) in [5.41, 5.74) is 3.42. The SMILES string of the molecule is CC/C=C\CCC1=C(C)CCCC1C. The average molecular weight is 192 g/mol. The molecule has 0 aromatic carbocycles. The van der Waals surface area contributed by atoms with Crippen LogP contribution in [0, 0.1) is 5.92 Å². The number of allylic oxidation sites excluding steroid dienone is 4. The first-order valence-corrected chi connectivity index (χ1v) is 6.09. The summed E-state index contributed by atoms with van der Waals surface area (Å²) >= 11 is 0. The van der Waals surface area contributed by atoms with E-state index < -0.39 is 0 Å². The predicted octanol–water partition coefficient (Wildman–Crippen LogP) is 4.87. The number of hydrogen-bond acceptors (Lipinski definition) is 0. The molecular weight excluding hydrogens is 168 g/mol. The highest BCUT2D eigenvalue weighted by Gasteiger charge is 2.15. The Labute approximate surface area is 89.1 Å². The molecule has 1 aliphatic rings. The standard InChI is InChI=1S/C14H24/c1-4-5-6-7-11-14-12(2)9-8-10-13(14)3/h5-6,12H,4,7-11H2,1-3H3/b6-5-. The largest absolute Gasteiger partial charge is 0.0888 e. The van der Waals surface area contributed by atoms with Crippen LogP contribution < -0.4 is 0 Å². The zero-order valence-corrected chi connectivity index (χ0v) is 9.97. The summed E-state index contributed by atoms with van der Waals surface area (Å²) in [6.45, 7) is 6.92. The Hall–Kier alpha value is -0.520. The van der Waals surface area contributed by atoms with Crippen molar-refractivity contribution in [3.63, 3.8) is 0 Å². The lowest BCUT2D eigenvalue weighted by molar-refractivity contribution is 0.516. The van der Waals surface area contributed by atoms with Gasteiger partial charge in [-0.1, -0.05) is 37.1 Å². The molecule has 0 spiro atoms. The first kappa shape index (κ1) is 11.6. The minimum Gasteiger partial charge on any atom is -0.0888 e. The van der Waals surface area contributed by atoms with Gasteiger partial charge in [0, 0.05) is 0 Å². The molecule has 0 saturated heterocycles.